The van der Waals surface area contributed by atoms with Crippen LogP contribution in [0.1, 0.15) is 29.2 Å². The molecule has 0 aliphatic heterocycles. The second kappa shape index (κ2) is 11.3. The molecule has 0 fully saturated rings. The van der Waals surface area contributed by atoms with E-state index < -0.39 is 0 Å². The van der Waals surface area contributed by atoms with E-state index in [1.54, 1.807) is 24.4 Å². The highest BCUT2D eigenvalue weighted by Gasteiger charge is 2.08. The van der Waals surface area contributed by atoms with Crippen LogP contribution in [0.2, 0.25) is 10.0 Å². The molecule has 0 spiro atoms. The van der Waals surface area contributed by atoms with Gasteiger partial charge < -0.3 is 14.3 Å². The highest BCUT2D eigenvalue weighted by atomic mass is 35.5. The van der Waals surface area contributed by atoms with Crippen LogP contribution in [0.15, 0.2) is 65.8 Å². The summed E-state index contributed by atoms with van der Waals surface area (Å²) in [5.41, 5.74) is 3.04. The fourth-order valence-electron chi connectivity index (χ4n) is 2.74. The number of ether oxygens (including phenoxy) is 2. The second-order valence-corrected chi connectivity index (χ2v) is 7.27. The molecule has 0 heterocycles. The van der Waals surface area contributed by atoms with Gasteiger partial charge in [0.15, 0.2) is 11.5 Å². The van der Waals surface area contributed by atoms with Crippen LogP contribution in [-0.2, 0) is 18.1 Å². The van der Waals surface area contributed by atoms with E-state index in [1.807, 2.05) is 49.4 Å². The predicted molar refractivity (Wildman–Crippen MR) is 122 cm³/mol. The Labute approximate surface area is 191 Å². The normalized spacial score (nSPS) is 10.6. The van der Waals surface area contributed by atoms with E-state index in [0.717, 1.165) is 16.7 Å². The van der Waals surface area contributed by atoms with Crippen molar-refractivity contribution in [1.29, 1.82) is 5.26 Å². The van der Waals surface area contributed by atoms with E-state index in [0.29, 0.717) is 40.3 Å². The average Bonchev–Trinajstić information content (AvgIpc) is 2.79. The highest BCUT2D eigenvalue weighted by Crippen LogP contribution is 2.30. The summed E-state index contributed by atoms with van der Waals surface area (Å²) in [4.78, 5) is 5.35. The van der Waals surface area contributed by atoms with Crippen LogP contribution in [0.4, 0.5) is 0 Å². The van der Waals surface area contributed by atoms with Crippen molar-refractivity contribution in [2.45, 2.75) is 20.1 Å². The van der Waals surface area contributed by atoms with Gasteiger partial charge in [-0.1, -0.05) is 52.6 Å². The zero-order valence-electron chi connectivity index (χ0n) is 16.8. The number of hydrogen-bond acceptors (Lipinski definition) is 5. The van der Waals surface area contributed by atoms with E-state index in [4.69, 9.17) is 42.8 Å². The maximum atomic E-state index is 9.12. The average molecular weight is 455 g/mol. The van der Waals surface area contributed by atoms with Crippen LogP contribution in [-0.4, -0.2) is 12.8 Å². The third-order valence-electron chi connectivity index (χ3n) is 4.28. The Morgan fingerprint density at radius 3 is 2.55 bits per heavy atom. The Bertz CT molecular complexity index is 1110. The summed E-state index contributed by atoms with van der Waals surface area (Å²) in [5, 5.41) is 14.1. The quantitative estimate of drug-likeness (QED) is 0.277. The molecule has 0 radical (unpaired) electrons. The molecule has 0 saturated heterocycles. The van der Waals surface area contributed by atoms with Crippen LogP contribution in [0.3, 0.4) is 0 Å². The Hall–Kier alpha value is -3.20. The lowest BCUT2D eigenvalue weighted by molar-refractivity contribution is 0.132. The van der Waals surface area contributed by atoms with Gasteiger partial charge in [0.25, 0.3) is 0 Å². The lowest BCUT2D eigenvalue weighted by atomic mass is 10.1. The molecule has 3 rings (SSSR count). The molecule has 7 heteroatoms. The number of benzene rings is 3. The summed E-state index contributed by atoms with van der Waals surface area (Å²) in [6.07, 6.45) is 1.58. The molecule has 3 aromatic carbocycles. The van der Waals surface area contributed by atoms with Gasteiger partial charge in [0.2, 0.25) is 0 Å². The molecule has 0 bridgehead atoms. The van der Waals surface area contributed by atoms with Gasteiger partial charge in [0.05, 0.1) is 34.5 Å². The molecule has 0 amide bonds. The van der Waals surface area contributed by atoms with Crippen LogP contribution in [0.5, 0.6) is 11.5 Å². The van der Waals surface area contributed by atoms with Crippen molar-refractivity contribution in [2.75, 3.05) is 6.61 Å². The van der Waals surface area contributed by atoms with Gasteiger partial charge in [0.1, 0.15) is 13.2 Å². The van der Waals surface area contributed by atoms with Crippen LogP contribution >= 0.6 is 23.2 Å². The van der Waals surface area contributed by atoms with Gasteiger partial charge >= 0.3 is 0 Å². The summed E-state index contributed by atoms with van der Waals surface area (Å²) in [7, 11) is 0. The third-order valence-corrected chi connectivity index (χ3v) is 5.02. The van der Waals surface area contributed by atoms with Gasteiger partial charge in [-0.25, -0.2) is 0 Å². The molecular formula is C24H20Cl2N2O3. The molecule has 0 unspecified atom stereocenters. The van der Waals surface area contributed by atoms with E-state index in [2.05, 4.69) is 11.2 Å². The zero-order valence-corrected chi connectivity index (χ0v) is 18.4. The molecule has 5 nitrogen and oxygen atoms in total. The Balaban J connectivity index is 1.64. The van der Waals surface area contributed by atoms with Crippen molar-refractivity contribution < 1.29 is 14.3 Å². The van der Waals surface area contributed by atoms with Gasteiger partial charge in [-0.3, -0.25) is 0 Å². The van der Waals surface area contributed by atoms with E-state index in [1.165, 1.54) is 0 Å². The minimum atomic E-state index is 0.212. The molecule has 0 aliphatic rings. The summed E-state index contributed by atoms with van der Waals surface area (Å²) < 4.78 is 11.6. The van der Waals surface area contributed by atoms with Gasteiger partial charge in [-0.05, 0) is 48.9 Å². The molecule has 0 atom stereocenters. The first-order valence-electron chi connectivity index (χ1n) is 9.57. The van der Waals surface area contributed by atoms with Crippen molar-refractivity contribution in [3.8, 4) is 17.6 Å². The summed E-state index contributed by atoms with van der Waals surface area (Å²) in [5.74, 6) is 1.20. The molecule has 0 saturated carbocycles. The molecule has 0 aliphatic carbocycles. The fraction of sp³-hybridized carbons (Fsp3) is 0.167. The third kappa shape index (κ3) is 6.39. The first-order chi connectivity index (χ1) is 15.1. The van der Waals surface area contributed by atoms with Gasteiger partial charge in [-0.2, -0.15) is 5.26 Å². The Kier molecular flexibility index (Phi) is 8.17. The topological polar surface area (TPSA) is 63.8 Å². The maximum absolute atomic E-state index is 9.12. The minimum absolute atomic E-state index is 0.212. The second-order valence-electron chi connectivity index (χ2n) is 6.45. The summed E-state index contributed by atoms with van der Waals surface area (Å²) in [6, 6.07) is 20.2. The number of nitriles is 1. The maximum Gasteiger partial charge on any atom is 0.161 e. The number of halogens is 2. The monoisotopic (exact) mass is 454 g/mol. The number of hydrogen-bond donors (Lipinski definition) is 0. The number of rotatable bonds is 9. The number of nitrogens with zero attached hydrogens (tertiary/aromatic N) is 2. The highest BCUT2D eigenvalue weighted by molar-refractivity contribution is 6.42. The molecule has 158 valence electrons. The molecule has 0 N–H and O–H groups in total. The Morgan fingerprint density at radius 1 is 0.935 bits per heavy atom. The molecule has 3 aromatic rings. The van der Waals surface area contributed by atoms with Crippen molar-refractivity contribution in [2.24, 2.45) is 5.16 Å². The van der Waals surface area contributed by atoms with E-state index in [-0.39, 0.29) is 6.61 Å². The Morgan fingerprint density at radius 2 is 1.77 bits per heavy atom. The van der Waals surface area contributed by atoms with Crippen molar-refractivity contribution >= 4 is 29.4 Å². The largest absolute Gasteiger partial charge is 0.490 e. The number of oxime groups is 1. The minimum Gasteiger partial charge on any atom is -0.490 e. The predicted octanol–water partition coefficient (Wildman–Crippen LogP) is 6.39. The van der Waals surface area contributed by atoms with Gasteiger partial charge in [-0.15, -0.1) is 0 Å². The SMILES string of the molecule is CCOc1cc(/C=N\OCc2ccccc2C#N)ccc1OCc1ccc(Cl)c(Cl)c1. The first kappa shape index (κ1) is 22.5. The lowest BCUT2D eigenvalue weighted by Crippen LogP contribution is -2.00. The van der Waals surface area contributed by atoms with Crippen LogP contribution in [0.25, 0.3) is 0 Å². The van der Waals surface area contributed by atoms with E-state index >= 15 is 0 Å². The van der Waals surface area contributed by atoms with Crippen LogP contribution in [0, 0.1) is 11.3 Å². The fourth-order valence-corrected chi connectivity index (χ4v) is 3.06. The van der Waals surface area contributed by atoms with Crippen LogP contribution < -0.4 is 9.47 Å². The first-order valence-corrected chi connectivity index (χ1v) is 10.3. The molecule has 0 aromatic heterocycles. The molecule has 31 heavy (non-hydrogen) atoms. The van der Waals surface area contributed by atoms with Gasteiger partial charge in [0, 0.05) is 11.1 Å². The van der Waals surface area contributed by atoms with Crippen molar-refractivity contribution in [3.05, 3.63) is 93.0 Å². The summed E-state index contributed by atoms with van der Waals surface area (Å²) in [6.45, 7) is 2.93. The zero-order chi connectivity index (χ0) is 22.1. The lowest BCUT2D eigenvalue weighted by Gasteiger charge is -2.13. The van der Waals surface area contributed by atoms with E-state index in [9.17, 15) is 0 Å². The van der Waals surface area contributed by atoms with Crippen molar-refractivity contribution in [1.82, 2.24) is 0 Å². The standard InChI is InChI=1S/C24H20Cl2N2O3/c1-2-29-24-12-17(14-28-31-16-20-6-4-3-5-19(20)13-27)8-10-23(24)30-15-18-7-9-21(25)22(26)11-18/h3-12,14H,2,15-16H2,1H3/b28-14-. The van der Waals surface area contributed by atoms with Crippen molar-refractivity contribution in [3.63, 3.8) is 0 Å². The summed E-state index contributed by atoms with van der Waals surface area (Å²) >= 11 is 12.0. The molecular weight excluding hydrogens is 435 g/mol. The smallest absolute Gasteiger partial charge is 0.161 e.